The van der Waals surface area contributed by atoms with Crippen LogP contribution >= 0.6 is 11.8 Å². The molecule has 0 spiro atoms. The van der Waals surface area contributed by atoms with Crippen LogP contribution in [0, 0.1) is 11.3 Å². The second kappa shape index (κ2) is 51.3. The van der Waals surface area contributed by atoms with Crippen LogP contribution in [0.5, 0.6) is 0 Å². The maximum atomic E-state index is 7.32. The number of nitrogens with two attached hydrogens (primary N) is 1. The van der Waals surface area contributed by atoms with Gasteiger partial charge in [-0.05, 0) is 11.8 Å². The largest absolute Gasteiger partial charge is 0.247 e. The van der Waals surface area contributed by atoms with Crippen LogP contribution < -0.4 is 5.25 Å². The fourth-order valence-electron chi connectivity index (χ4n) is 0. The van der Waals surface area contributed by atoms with Gasteiger partial charge in [0.2, 0.25) is 0 Å². The molecule has 0 unspecified atom stereocenters. The fraction of sp³-hybridized carbons (Fsp3) is 0.500. The van der Waals surface area contributed by atoms with Crippen molar-refractivity contribution in [2.24, 2.45) is 5.25 Å². The first-order valence-corrected chi connectivity index (χ1v) is 1.38. The van der Waals surface area contributed by atoms with Crippen LogP contribution in [0.1, 0.15) is 6.92 Å². The molecule has 0 aliphatic carbocycles. The van der Waals surface area contributed by atoms with Gasteiger partial charge in [-0.25, -0.2) is 5.25 Å². The lowest BCUT2D eigenvalue weighted by Crippen LogP contribution is -1.48. The Bertz CT molecular complexity index is 29.1. The van der Waals surface area contributed by atoms with E-state index in [-0.39, 0.29) is 0 Å². The van der Waals surface area contributed by atoms with Gasteiger partial charge in [-0.3, -0.25) is 0 Å². The molecule has 3 heteroatoms. The molecule has 2 N–H and O–H groups in total. The molecular formula is C2H5ClN2. The smallest absolute Gasteiger partial charge is 0.0587 e. The van der Waals surface area contributed by atoms with E-state index in [1.54, 1.807) is 6.07 Å². The van der Waals surface area contributed by atoms with Gasteiger partial charge in [0.25, 0.3) is 0 Å². The lowest BCUT2D eigenvalue weighted by atomic mass is 11.0. The Labute approximate surface area is 36.3 Å². The average Bonchev–Trinajstić information content (AvgIpc) is 1.46. The summed E-state index contributed by atoms with van der Waals surface area (Å²) in [6.07, 6.45) is 0. The Balaban J connectivity index is 0. The predicted octanol–water partition coefficient (Wildman–Crippen LogP) is 0.629. The molecule has 0 amide bonds. The van der Waals surface area contributed by atoms with E-state index < -0.39 is 0 Å². The summed E-state index contributed by atoms with van der Waals surface area (Å²) in [5.41, 5.74) is 0. The summed E-state index contributed by atoms with van der Waals surface area (Å²) in [5, 5.41) is 11.3. The van der Waals surface area contributed by atoms with Crippen molar-refractivity contribution in [3.63, 3.8) is 0 Å². The molecule has 0 atom stereocenters. The van der Waals surface area contributed by atoms with Crippen molar-refractivity contribution in [1.82, 2.24) is 0 Å². The van der Waals surface area contributed by atoms with Crippen LogP contribution in [-0.2, 0) is 0 Å². The Morgan fingerprint density at radius 3 is 1.80 bits per heavy atom. The van der Waals surface area contributed by atoms with E-state index in [0.29, 0.717) is 0 Å². The van der Waals surface area contributed by atoms with Gasteiger partial charge in [-0.2, -0.15) is 5.26 Å². The molecule has 0 aliphatic rings. The van der Waals surface area contributed by atoms with E-state index in [0.717, 1.165) is 0 Å². The van der Waals surface area contributed by atoms with E-state index in [9.17, 15) is 0 Å². The monoisotopic (exact) mass is 92.0 g/mol. The molecule has 2 nitrogen and oxygen atoms in total. The SMILES string of the molecule is CC#N.NCl. The lowest BCUT2D eigenvalue weighted by Gasteiger charge is -1.15. The molecule has 0 radical (unpaired) electrons. The van der Waals surface area contributed by atoms with Crippen LogP contribution in [0.3, 0.4) is 0 Å². The molecule has 0 fully saturated rings. The Morgan fingerprint density at radius 2 is 1.80 bits per heavy atom. The number of nitrogens with zero attached hydrogens (tertiary/aromatic N) is 1. The minimum atomic E-state index is 1.43. The quantitative estimate of drug-likeness (QED) is 0.446. The fourth-order valence-corrected chi connectivity index (χ4v) is 0. The number of rotatable bonds is 0. The van der Waals surface area contributed by atoms with Crippen LogP contribution in [0.2, 0.25) is 0 Å². The molecule has 5 heavy (non-hydrogen) atoms. The predicted molar refractivity (Wildman–Crippen MR) is 21.3 cm³/mol. The molecule has 0 aromatic carbocycles. The van der Waals surface area contributed by atoms with Crippen LogP contribution in [0.15, 0.2) is 0 Å². The summed E-state index contributed by atoms with van der Waals surface area (Å²) in [7, 11) is 0. The highest BCUT2D eigenvalue weighted by Gasteiger charge is 1.17. The maximum Gasteiger partial charge on any atom is 0.0587 e. The second-order valence-corrected chi connectivity index (χ2v) is 0.224. The molecule has 0 saturated carbocycles. The zero-order valence-electron chi connectivity index (χ0n) is 2.90. The van der Waals surface area contributed by atoms with Gasteiger partial charge < -0.3 is 0 Å². The minimum Gasteiger partial charge on any atom is -0.247 e. The van der Waals surface area contributed by atoms with E-state index in [2.05, 4.69) is 17.0 Å². The Kier molecular flexibility index (Phi) is 90.6. The lowest BCUT2D eigenvalue weighted by molar-refractivity contribution is 1.49. The normalized spacial score (nSPS) is 2.80. The molecule has 30 valence electrons. The summed E-state index contributed by atoms with van der Waals surface area (Å²) in [5.74, 6) is 0. The zero-order chi connectivity index (χ0) is 4.71. The van der Waals surface area contributed by atoms with Crippen molar-refractivity contribution in [3.8, 4) is 6.07 Å². The highest BCUT2D eigenvalue weighted by Crippen LogP contribution is 1.21. The molecule has 0 bridgehead atoms. The van der Waals surface area contributed by atoms with Crippen molar-refractivity contribution in [2.75, 3.05) is 0 Å². The summed E-state index contributed by atoms with van der Waals surface area (Å²) < 4.78 is 0. The molecular weight excluding hydrogens is 87.5 g/mol. The Hall–Kier alpha value is -0.260. The summed E-state index contributed by atoms with van der Waals surface area (Å²) in [4.78, 5) is 0. The molecule has 0 rings (SSSR count). The van der Waals surface area contributed by atoms with Crippen molar-refractivity contribution in [2.45, 2.75) is 6.92 Å². The third kappa shape index (κ3) is 168. The van der Waals surface area contributed by atoms with Gasteiger partial charge in [0, 0.05) is 6.92 Å². The Morgan fingerprint density at radius 1 is 1.80 bits per heavy atom. The van der Waals surface area contributed by atoms with Gasteiger partial charge >= 0.3 is 0 Å². The van der Waals surface area contributed by atoms with Gasteiger partial charge in [-0.15, -0.1) is 0 Å². The highest BCUT2D eigenvalue weighted by atomic mass is 35.5. The topological polar surface area (TPSA) is 49.8 Å². The molecule has 0 aromatic rings. The standard InChI is InChI=1S/C2H3N.ClH2N/c1-2-3;1-2/h1H3;2H2. The zero-order valence-corrected chi connectivity index (χ0v) is 3.66. The van der Waals surface area contributed by atoms with E-state index in [1.807, 2.05) is 0 Å². The first-order chi connectivity index (χ1) is 2.41. The van der Waals surface area contributed by atoms with Gasteiger partial charge in [0.05, 0.1) is 6.07 Å². The first-order valence-electron chi connectivity index (χ1n) is 0.942. The van der Waals surface area contributed by atoms with Gasteiger partial charge in [-0.1, -0.05) is 0 Å². The second-order valence-electron chi connectivity index (χ2n) is 0.224. The van der Waals surface area contributed by atoms with Gasteiger partial charge in [0.1, 0.15) is 0 Å². The van der Waals surface area contributed by atoms with Crippen molar-refractivity contribution < 1.29 is 0 Å². The third-order valence-electron chi connectivity index (χ3n) is 0. The number of nitriles is 1. The van der Waals surface area contributed by atoms with Crippen molar-refractivity contribution >= 4 is 11.8 Å². The average molecular weight is 92.5 g/mol. The summed E-state index contributed by atoms with van der Waals surface area (Å²) >= 11 is 4.14. The molecule has 0 heterocycles. The van der Waals surface area contributed by atoms with Crippen molar-refractivity contribution in [3.05, 3.63) is 0 Å². The molecule has 0 aliphatic heterocycles. The van der Waals surface area contributed by atoms with E-state index >= 15 is 0 Å². The van der Waals surface area contributed by atoms with Crippen LogP contribution in [0.4, 0.5) is 0 Å². The maximum absolute atomic E-state index is 7.32. The molecule has 0 aromatic heterocycles. The van der Waals surface area contributed by atoms with E-state index in [1.165, 1.54) is 6.92 Å². The number of hydrogen-bond donors (Lipinski definition) is 1. The van der Waals surface area contributed by atoms with Crippen LogP contribution in [-0.4, -0.2) is 0 Å². The molecule has 0 saturated heterocycles. The third-order valence-corrected chi connectivity index (χ3v) is 0. The number of hydrogen-bond acceptors (Lipinski definition) is 2. The first kappa shape index (κ1) is 8.83. The van der Waals surface area contributed by atoms with E-state index in [4.69, 9.17) is 5.26 Å². The van der Waals surface area contributed by atoms with Crippen molar-refractivity contribution in [1.29, 1.82) is 5.26 Å². The summed E-state index contributed by atoms with van der Waals surface area (Å²) in [6.45, 7) is 1.43. The minimum absolute atomic E-state index is 1.43. The van der Waals surface area contributed by atoms with Crippen LogP contribution in [0.25, 0.3) is 0 Å². The van der Waals surface area contributed by atoms with Gasteiger partial charge in [0.15, 0.2) is 0 Å². The summed E-state index contributed by atoms with van der Waals surface area (Å²) in [6, 6.07) is 1.75. The number of halogens is 1. The highest BCUT2D eigenvalue weighted by molar-refractivity contribution is 6.11.